The summed E-state index contributed by atoms with van der Waals surface area (Å²) in [5, 5.41) is 21.8. The lowest BCUT2D eigenvalue weighted by Crippen LogP contribution is -2.77. The quantitative estimate of drug-likeness (QED) is 0.114. The molecule has 0 spiro atoms. The van der Waals surface area contributed by atoms with E-state index in [0.717, 1.165) is 39.7 Å². The van der Waals surface area contributed by atoms with Gasteiger partial charge in [0.15, 0.2) is 35.9 Å². The van der Waals surface area contributed by atoms with Crippen LogP contribution < -0.4 is 76.9 Å². The van der Waals surface area contributed by atoms with Gasteiger partial charge in [0.2, 0.25) is 0 Å². The Kier molecular flexibility index (Phi) is 14.5. The van der Waals surface area contributed by atoms with Crippen LogP contribution >= 0.6 is 0 Å². The van der Waals surface area contributed by atoms with Crippen molar-refractivity contribution < 1.29 is 0 Å². The largest absolute Gasteiger partial charge is 0.311 e. The molecule has 101 heavy (non-hydrogen) atoms. The molecule has 15 aromatic carbocycles. The Morgan fingerprint density at radius 1 is 0.188 bits per heavy atom. The van der Waals surface area contributed by atoms with Crippen molar-refractivity contribution in [2.45, 2.75) is 0 Å². The average molecular weight is 1340 g/mol. The van der Waals surface area contributed by atoms with Crippen LogP contribution in [0, 0.1) is 0 Å². The summed E-state index contributed by atoms with van der Waals surface area (Å²) in [6.07, 6.45) is 0. The summed E-state index contributed by atoms with van der Waals surface area (Å²) < 4.78 is 2.04. The monoisotopic (exact) mass is 1340 g/mol. The second kappa shape index (κ2) is 24.5. The summed E-state index contributed by atoms with van der Waals surface area (Å²) in [5.74, 6) is 1.36. The number of benzene rings is 15. The molecular formula is C92H66N6Si3. The molecule has 0 bridgehead atoms. The molecule has 0 saturated carbocycles. The van der Waals surface area contributed by atoms with Crippen LogP contribution in [0.2, 0.25) is 0 Å². The lowest BCUT2D eigenvalue weighted by atomic mass is 10.1. The molecule has 0 N–H and O–H groups in total. The van der Waals surface area contributed by atoms with Crippen LogP contribution in [0.5, 0.6) is 0 Å². The van der Waals surface area contributed by atoms with Crippen molar-refractivity contribution in [2.24, 2.45) is 0 Å². The SMILES string of the molecule is c1ccc([Si]2(c3ccccc3)c3ccccc3N(c3ccc(-c4nc(-c5ccc(N6c7ccccc7[Si](c7ccccc7)(c7ccccc7)c7ccccc76)cc5)n(-c5ccc(N6c7ccccc7[Si](c7ccccc7)(c7ccccc7)c7ccccc76)cc5)n4)cc3)c3ccccc32)cc1. The summed E-state index contributed by atoms with van der Waals surface area (Å²) in [5.41, 5.74) is 13.0. The van der Waals surface area contributed by atoms with Gasteiger partial charge in [-0.25, -0.2) is 9.67 Å². The van der Waals surface area contributed by atoms with Crippen molar-refractivity contribution in [3.8, 4) is 28.5 Å². The first-order valence-electron chi connectivity index (χ1n) is 34.7. The molecule has 0 amide bonds. The zero-order chi connectivity index (χ0) is 66.9. The predicted molar refractivity (Wildman–Crippen MR) is 428 cm³/mol. The Hall–Kier alpha value is -12.5. The van der Waals surface area contributed by atoms with E-state index < -0.39 is 24.2 Å². The third-order valence-electron chi connectivity index (χ3n) is 21.3. The van der Waals surface area contributed by atoms with Gasteiger partial charge in [-0.15, -0.1) is 5.10 Å². The summed E-state index contributed by atoms with van der Waals surface area (Å²) in [4.78, 5) is 13.0. The van der Waals surface area contributed by atoms with E-state index in [1.54, 1.807) is 0 Å². The third-order valence-corrected chi connectivity index (χ3v) is 35.8. The van der Waals surface area contributed by atoms with Crippen LogP contribution in [0.4, 0.5) is 51.2 Å². The van der Waals surface area contributed by atoms with Crippen LogP contribution in [0.1, 0.15) is 0 Å². The van der Waals surface area contributed by atoms with Crippen molar-refractivity contribution >= 4 is 138 Å². The number of anilines is 9. The van der Waals surface area contributed by atoms with Gasteiger partial charge in [0.1, 0.15) is 0 Å². The van der Waals surface area contributed by atoms with Gasteiger partial charge in [-0.2, -0.15) is 0 Å². The minimum Gasteiger partial charge on any atom is -0.311 e. The third kappa shape index (κ3) is 9.21. The van der Waals surface area contributed by atoms with E-state index >= 15 is 0 Å². The van der Waals surface area contributed by atoms with Crippen molar-refractivity contribution in [3.63, 3.8) is 0 Å². The molecule has 3 aliphatic rings. The van der Waals surface area contributed by atoms with Gasteiger partial charge in [-0.1, -0.05) is 291 Å². The van der Waals surface area contributed by atoms with Crippen LogP contribution in [-0.4, -0.2) is 39.0 Å². The number of nitrogens with zero attached hydrogens (tertiary/aromatic N) is 6. The fourth-order valence-corrected chi connectivity index (χ4v) is 32.4. The zero-order valence-corrected chi connectivity index (χ0v) is 58.3. The maximum Gasteiger partial charge on any atom is 0.184 e. The fourth-order valence-electron chi connectivity index (χ4n) is 17.1. The fraction of sp³-hybridized carbons (Fsp3) is 0. The molecule has 16 aromatic rings. The number of para-hydroxylation sites is 6. The standard InChI is InChI=1S/C92H66N6Si3/c1-7-31-73(32-8-1)99(74-33-9-2-10-34-74)85-49-25-19-43-79(85)95(80-44-20-26-50-86(80)99)69-59-55-67(56-60-69)91-93-92(68-57-61-70(62-58-68)96-81-45-21-27-51-87(81)100(75-35-11-3-12-36-75,76-37-13-4-14-38-76)88-52-28-22-46-82(88)96)98(94-91)72-65-63-71(64-66-72)97-83-47-23-29-53-89(83)101(77-39-15-5-16-40-77,78-41-17-6-18-42-78)90-54-30-24-48-84(90)97/h1-66H. The first kappa shape index (κ1) is 59.7. The normalized spacial score (nSPS) is 14.1. The molecule has 6 nitrogen and oxygen atoms in total. The first-order chi connectivity index (χ1) is 50.1. The minimum absolute atomic E-state index is 0.628. The average Bonchev–Trinajstić information content (AvgIpc) is 0.899. The Bertz CT molecular complexity index is 5210. The van der Waals surface area contributed by atoms with Crippen molar-refractivity contribution in [2.75, 3.05) is 14.7 Å². The van der Waals surface area contributed by atoms with E-state index in [9.17, 15) is 0 Å². The van der Waals surface area contributed by atoms with Gasteiger partial charge in [0.05, 0.1) is 5.69 Å². The molecular weight excluding hydrogens is 1270 g/mol. The number of hydrogen-bond acceptors (Lipinski definition) is 5. The topological polar surface area (TPSA) is 40.4 Å². The van der Waals surface area contributed by atoms with Gasteiger partial charge in [-0.3, -0.25) is 0 Å². The molecule has 0 aliphatic carbocycles. The van der Waals surface area contributed by atoms with Crippen LogP contribution in [0.15, 0.2) is 400 Å². The molecule has 9 heteroatoms. The number of fused-ring (bicyclic) bond motifs is 6. The molecule has 0 atom stereocenters. The van der Waals surface area contributed by atoms with E-state index in [1.807, 2.05) is 4.68 Å². The number of rotatable bonds is 12. The second-order valence-electron chi connectivity index (χ2n) is 26.3. The molecule has 0 radical (unpaired) electrons. The van der Waals surface area contributed by atoms with Gasteiger partial charge in [-0.05, 0) is 171 Å². The minimum atomic E-state index is -2.82. The molecule has 19 rings (SSSR count). The lowest BCUT2D eigenvalue weighted by molar-refractivity contribution is 0.890. The smallest absolute Gasteiger partial charge is 0.184 e. The Labute approximate surface area is 592 Å². The maximum absolute atomic E-state index is 5.60. The maximum atomic E-state index is 5.60. The van der Waals surface area contributed by atoms with Crippen LogP contribution in [0.3, 0.4) is 0 Å². The highest BCUT2D eigenvalue weighted by atomic mass is 28.3. The van der Waals surface area contributed by atoms with E-state index in [0.29, 0.717) is 5.82 Å². The van der Waals surface area contributed by atoms with Crippen molar-refractivity contribution in [1.82, 2.24) is 14.8 Å². The molecule has 1 aromatic heterocycles. The summed E-state index contributed by atoms with van der Waals surface area (Å²) >= 11 is 0. The zero-order valence-electron chi connectivity index (χ0n) is 55.3. The van der Waals surface area contributed by atoms with Gasteiger partial charge in [0, 0.05) is 62.3 Å². The lowest BCUT2D eigenvalue weighted by Gasteiger charge is -2.45. The molecule has 4 heterocycles. The van der Waals surface area contributed by atoms with Crippen LogP contribution in [0.25, 0.3) is 28.5 Å². The highest BCUT2D eigenvalue weighted by Gasteiger charge is 2.52. The van der Waals surface area contributed by atoms with Crippen LogP contribution in [-0.2, 0) is 0 Å². The van der Waals surface area contributed by atoms with Crippen molar-refractivity contribution in [1.29, 1.82) is 0 Å². The Morgan fingerprint density at radius 2 is 0.396 bits per heavy atom. The van der Waals surface area contributed by atoms with Gasteiger partial charge in [0.25, 0.3) is 0 Å². The highest BCUT2D eigenvalue weighted by molar-refractivity contribution is 7.23. The predicted octanol–water partition coefficient (Wildman–Crippen LogP) is 14.1. The van der Waals surface area contributed by atoms with E-state index in [1.165, 1.54) is 96.4 Å². The first-order valence-corrected chi connectivity index (χ1v) is 40.7. The summed E-state index contributed by atoms with van der Waals surface area (Å²) in [6, 6.07) is 149. The molecule has 0 fully saturated rings. The van der Waals surface area contributed by atoms with E-state index in [4.69, 9.17) is 10.1 Å². The highest BCUT2D eigenvalue weighted by Crippen LogP contribution is 2.43. The Balaban J connectivity index is 0.742. The van der Waals surface area contributed by atoms with Gasteiger partial charge < -0.3 is 14.7 Å². The molecule has 3 aliphatic heterocycles. The number of hydrogen-bond donors (Lipinski definition) is 0. The molecule has 476 valence electrons. The summed E-state index contributed by atoms with van der Waals surface area (Å²) in [7, 11) is -8.44. The summed E-state index contributed by atoms with van der Waals surface area (Å²) in [6.45, 7) is 0. The van der Waals surface area contributed by atoms with E-state index in [2.05, 4.69) is 415 Å². The number of aromatic nitrogens is 3. The Morgan fingerprint density at radius 3 is 0.653 bits per heavy atom. The van der Waals surface area contributed by atoms with Gasteiger partial charge >= 0.3 is 0 Å². The second-order valence-corrected chi connectivity index (χ2v) is 37.5. The van der Waals surface area contributed by atoms with Crippen molar-refractivity contribution in [3.05, 3.63) is 400 Å². The van der Waals surface area contributed by atoms with E-state index in [-0.39, 0.29) is 0 Å². The molecule has 0 saturated heterocycles. The molecule has 0 unspecified atom stereocenters.